The number of hydrogen-bond donors (Lipinski definition) is 4. The lowest BCUT2D eigenvalue weighted by Crippen LogP contribution is -2.54. The lowest BCUT2D eigenvalue weighted by atomic mass is 9.45. The van der Waals surface area contributed by atoms with Crippen molar-refractivity contribution in [3.63, 3.8) is 0 Å². The molecule has 1 aromatic heterocycles. The van der Waals surface area contributed by atoms with Crippen LogP contribution in [0.1, 0.15) is 75.0 Å². The van der Waals surface area contributed by atoms with E-state index in [4.69, 9.17) is 16.5 Å². The zero-order valence-corrected chi connectivity index (χ0v) is 21.2. The highest BCUT2D eigenvalue weighted by Crippen LogP contribution is 2.61. The number of rotatable bonds is 6. The van der Waals surface area contributed by atoms with Crippen molar-refractivity contribution in [2.75, 3.05) is 11.9 Å². The number of benzene rings is 1. The number of fused-ring (bicyclic) bond motifs is 3. The van der Waals surface area contributed by atoms with E-state index in [2.05, 4.69) is 40.5 Å². The van der Waals surface area contributed by atoms with Crippen molar-refractivity contribution in [3.05, 3.63) is 29.6 Å². The largest absolute Gasteiger partial charge is 0.370 e. The fourth-order valence-corrected chi connectivity index (χ4v) is 6.76. The predicted octanol–water partition coefficient (Wildman–Crippen LogP) is 3.74. The Bertz CT molecular complexity index is 1140. The Balaban J connectivity index is 1.37. The molecule has 0 spiro atoms. The number of hydrogen-bond acceptors (Lipinski definition) is 5. The van der Waals surface area contributed by atoms with Gasteiger partial charge >= 0.3 is 0 Å². The van der Waals surface area contributed by atoms with Gasteiger partial charge in [0.25, 0.3) is 5.91 Å². The Hall–Kier alpha value is -2.90. The van der Waals surface area contributed by atoms with Crippen LogP contribution in [0, 0.1) is 30.1 Å². The molecule has 0 saturated heterocycles. The molecule has 8 heteroatoms. The lowest BCUT2D eigenvalue weighted by molar-refractivity contribution is -0.103. The van der Waals surface area contributed by atoms with Crippen LogP contribution < -0.4 is 22.1 Å². The van der Waals surface area contributed by atoms with E-state index < -0.39 is 0 Å². The Labute approximate surface area is 207 Å². The van der Waals surface area contributed by atoms with Crippen molar-refractivity contribution in [2.45, 2.75) is 77.8 Å². The van der Waals surface area contributed by atoms with Crippen LogP contribution in [-0.4, -0.2) is 40.5 Å². The zero-order chi connectivity index (χ0) is 24.7. The van der Waals surface area contributed by atoms with E-state index >= 15 is 0 Å². The fraction of sp³-hybridized carbons (Fsp3) is 0.630. The molecule has 8 nitrogen and oxygen atoms in total. The van der Waals surface area contributed by atoms with Crippen LogP contribution in [0.25, 0.3) is 10.9 Å². The van der Waals surface area contributed by atoms with Gasteiger partial charge in [0.15, 0.2) is 5.96 Å². The third-order valence-electron chi connectivity index (χ3n) is 8.95. The molecule has 1 aromatic carbocycles. The van der Waals surface area contributed by atoms with E-state index in [1.54, 1.807) is 0 Å². The van der Waals surface area contributed by atoms with E-state index in [-0.39, 0.29) is 29.8 Å². The van der Waals surface area contributed by atoms with Crippen LogP contribution in [0.4, 0.5) is 5.82 Å². The highest BCUT2D eigenvalue weighted by molar-refractivity contribution is 5.96. The first-order valence-electron chi connectivity index (χ1n) is 13.1. The molecule has 5 atom stereocenters. The van der Waals surface area contributed by atoms with Crippen molar-refractivity contribution < 1.29 is 4.79 Å². The number of nitrogens with two attached hydrogens (primary N) is 2. The summed E-state index contributed by atoms with van der Waals surface area (Å²) in [5.74, 6) is 2.85. The molecule has 2 aromatic rings. The van der Waals surface area contributed by atoms with Gasteiger partial charge in [0, 0.05) is 11.9 Å². The van der Waals surface area contributed by atoms with Gasteiger partial charge in [0.05, 0.1) is 17.6 Å². The third-order valence-corrected chi connectivity index (χ3v) is 8.95. The standard InChI is InChI=1S/C27H39N7O/c1-15-8-11-20-18(12-15)23(32-21-6-4-5-7-22(21)33-26(28)29)34-24(31-20)25(35)30-14-16-9-10-17-13-19(16)27(17,2)3/h8,11-12,16-17,19,21-22H,4-7,9-10,13-14H2,1-3H3,(H,30,35)(H4,28,29,33)(H,31,32,34). The maximum absolute atomic E-state index is 13.2. The van der Waals surface area contributed by atoms with Gasteiger partial charge in [-0.2, -0.15) is 0 Å². The number of nitrogens with one attached hydrogen (secondary N) is 2. The van der Waals surface area contributed by atoms with Crippen molar-refractivity contribution in [1.82, 2.24) is 15.3 Å². The highest BCUT2D eigenvalue weighted by Gasteiger charge is 2.53. The number of aliphatic imine (C=N–C) groups is 1. The Kier molecular flexibility index (Phi) is 6.32. The molecular weight excluding hydrogens is 438 g/mol. The van der Waals surface area contributed by atoms with Crippen molar-refractivity contribution in [3.8, 4) is 0 Å². The number of carbonyl (C=O) groups is 1. The maximum Gasteiger partial charge on any atom is 0.289 e. The first-order chi connectivity index (χ1) is 16.7. The van der Waals surface area contributed by atoms with Crippen molar-refractivity contribution >= 4 is 28.6 Å². The van der Waals surface area contributed by atoms with E-state index in [1.165, 1.54) is 19.3 Å². The summed E-state index contributed by atoms with van der Waals surface area (Å²) >= 11 is 0. The number of guanidine groups is 1. The molecule has 2 bridgehead atoms. The number of nitrogens with zero attached hydrogens (tertiary/aromatic N) is 3. The summed E-state index contributed by atoms with van der Waals surface area (Å²) in [7, 11) is 0. The second kappa shape index (κ2) is 9.28. The van der Waals surface area contributed by atoms with Crippen LogP contribution in [0.5, 0.6) is 0 Å². The lowest BCUT2D eigenvalue weighted by Gasteiger charge is -2.60. The van der Waals surface area contributed by atoms with Crippen LogP contribution in [0.2, 0.25) is 0 Å². The summed E-state index contributed by atoms with van der Waals surface area (Å²) in [5.41, 5.74) is 13.7. The summed E-state index contributed by atoms with van der Waals surface area (Å²) in [4.78, 5) is 27.0. The molecule has 4 aliphatic rings. The SMILES string of the molecule is Cc1ccc2nc(C(=O)NCC3CCC4CC3C4(C)C)nc(NC3CCCCC3N=C(N)N)c2c1. The number of aryl methyl sites for hydroxylation is 1. The number of anilines is 1. The van der Waals surface area contributed by atoms with Crippen molar-refractivity contribution in [2.24, 2.45) is 39.6 Å². The molecule has 188 valence electrons. The van der Waals surface area contributed by atoms with E-state index in [0.29, 0.717) is 29.6 Å². The minimum Gasteiger partial charge on any atom is -0.370 e. The minimum absolute atomic E-state index is 0.0122. The molecule has 1 heterocycles. The average molecular weight is 478 g/mol. The van der Waals surface area contributed by atoms with Gasteiger partial charge in [0.2, 0.25) is 5.82 Å². The molecule has 5 unspecified atom stereocenters. The molecular formula is C27H39N7O. The summed E-state index contributed by atoms with van der Waals surface area (Å²) < 4.78 is 0. The summed E-state index contributed by atoms with van der Waals surface area (Å²) in [6, 6.07) is 6.08. The van der Waals surface area contributed by atoms with Gasteiger partial charge in [-0.15, -0.1) is 0 Å². The van der Waals surface area contributed by atoms with Gasteiger partial charge in [-0.25, -0.2) is 15.0 Å². The molecule has 6 rings (SSSR count). The van der Waals surface area contributed by atoms with Gasteiger partial charge in [-0.05, 0) is 74.3 Å². The first-order valence-corrected chi connectivity index (χ1v) is 13.1. The smallest absolute Gasteiger partial charge is 0.289 e. The van der Waals surface area contributed by atoms with Crippen LogP contribution >= 0.6 is 0 Å². The normalized spacial score (nSPS) is 29.2. The van der Waals surface area contributed by atoms with Gasteiger partial charge < -0.3 is 22.1 Å². The molecule has 0 radical (unpaired) electrons. The molecule has 4 aliphatic carbocycles. The monoisotopic (exact) mass is 477 g/mol. The van der Waals surface area contributed by atoms with Crippen LogP contribution in [0.15, 0.2) is 23.2 Å². The summed E-state index contributed by atoms with van der Waals surface area (Å²) in [6.07, 6.45) is 7.82. The molecule has 4 fully saturated rings. The Morgan fingerprint density at radius 3 is 2.69 bits per heavy atom. The molecule has 35 heavy (non-hydrogen) atoms. The first kappa shape index (κ1) is 23.8. The zero-order valence-electron chi connectivity index (χ0n) is 21.2. The van der Waals surface area contributed by atoms with Gasteiger partial charge in [-0.1, -0.05) is 38.3 Å². The molecule has 0 aliphatic heterocycles. The quantitative estimate of drug-likeness (QED) is 0.370. The Morgan fingerprint density at radius 2 is 1.94 bits per heavy atom. The fourth-order valence-electron chi connectivity index (χ4n) is 6.76. The molecule has 1 amide bonds. The van der Waals surface area contributed by atoms with Crippen LogP contribution in [0.3, 0.4) is 0 Å². The van der Waals surface area contributed by atoms with Gasteiger partial charge in [0.1, 0.15) is 5.82 Å². The van der Waals surface area contributed by atoms with Crippen molar-refractivity contribution in [1.29, 1.82) is 0 Å². The highest BCUT2D eigenvalue weighted by atomic mass is 16.2. The van der Waals surface area contributed by atoms with E-state index in [1.807, 2.05) is 19.1 Å². The average Bonchev–Trinajstić information content (AvgIpc) is 2.83. The van der Waals surface area contributed by atoms with Gasteiger partial charge in [-0.3, -0.25) is 4.79 Å². The van der Waals surface area contributed by atoms with Crippen LogP contribution in [-0.2, 0) is 0 Å². The minimum atomic E-state index is -0.209. The number of carbonyl (C=O) groups excluding carboxylic acids is 1. The molecule has 6 N–H and O–H groups in total. The maximum atomic E-state index is 13.2. The second-order valence-electron chi connectivity index (χ2n) is 11.5. The summed E-state index contributed by atoms with van der Waals surface area (Å²) in [6.45, 7) is 7.50. The topological polar surface area (TPSA) is 131 Å². The van der Waals surface area contributed by atoms with E-state index in [0.717, 1.165) is 48.1 Å². The Morgan fingerprint density at radius 1 is 1.14 bits per heavy atom. The second-order valence-corrected chi connectivity index (χ2v) is 11.5. The van der Waals surface area contributed by atoms with E-state index in [9.17, 15) is 4.79 Å². The summed E-state index contributed by atoms with van der Waals surface area (Å²) in [5, 5.41) is 7.65. The molecule has 4 saturated carbocycles. The third kappa shape index (κ3) is 4.67. The number of amides is 1. The predicted molar refractivity (Wildman–Crippen MR) is 140 cm³/mol. The number of aromatic nitrogens is 2.